The minimum atomic E-state index is -2.52. The summed E-state index contributed by atoms with van der Waals surface area (Å²) in [7, 11) is 1.64. The maximum absolute atomic E-state index is 12.6. The number of halogens is 2. The minimum absolute atomic E-state index is 0.126. The molecule has 5 heteroatoms. The maximum Gasteiger partial charge on any atom is 0.282 e. The van der Waals surface area contributed by atoms with E-state index in [1.807, 2.05) is 13.8 Å². The quantitative estimate of drug-likeness (QED) is 0.836. The number of hydrogen-bond acceptors (Lipinski definition) is 2. The molecule has 0 fully saturated rings. The molecular formula is C10H17F2N3. The van der Waals surface area contributed by atoms with Gasteiger partial charge in [0, 0.05) is 13.2 Å². The average Bonchev–Trinajstić information content (AvgIpc) is 2.46. The zero-order valence-corrected chi connectivity index (χ0v) is 9.30. The van der Waals surface area contributed by atoms with E-state index in [-0.39, 0.29) is 11.1 Å². The van der Waals surface area contributed by atoms with Crippen LogP contribution in [-0.4, -0.2) is 16.3 Å². The Labute approximate surface area is 88.3 Å². The van der Waals surface area contributed by atoms with Crippen molar-refractivity contribution in [3.63, 3.8) is 0 Å². The second-order valence-electron chi connectivity index (χ2n) is 4.56. The van der Waals surface area contributed by atoms with E-state index < -0.39 is 6.43 Å². The smallest absolute Gasteiger partial charge is 0.282 e. The molecule has 0 aliphatic rings. The molecule has 0 saturated heterocycles. The van der Waals surface area contributed by atoms with Crippen molar-refractivity contribution in [2.75, 3.05) is 6.54 Å². The van der Waals surface area contributed by atoms with Gasteiger partial charge in [0.2, 0.25) is 0 Å². The highest BCUT2D eigenvalue weighted by Gasteiger charge is 2.23. The number of alkyl halides is 2. The number of aromatic nitrogens is 2. The Bertz CT molecular complexity index is 331. The third kappa shape index (κ3) is 2.99. The van der Waals surface area contributed by atoms with Gasteiger partial charge in [-0.3, -0.25) is 4.68 Å². The number of nitrogens with two attached hydrogens (primary N) is 1. The highest BCUT2D eigenvalue weighted by molar-refractivity contribution is 5.19. The zero-order chi connectivity index (χ0) is 11.6. The molecule has 1 aromatic heterocycles. The predicted octanol–water partition coefficient (Wildman–Crippen LogP) is 1.89. The molecular weight excluding hydrogens is 200 g/mol. The molecule has 86 valence electrons. The standard InChI is InChI=1S/C10H17F2N3/c1-10(2,6-13)4-7-5-15(3)14-8(7)9(11)12/h5,9H,4,6,13H2,1-3H3. The lowest BCUT2D eigenvalue weighted by atomic mass is 9.86. The Morgan fingerprint density at radius 1 is 1.53 bits per heavy atom. The van der Waals surface area contributed by atoms with E-state index in [1.54, 1.807) is 13.2 Å². The summed E-state index contributed by atoms with van der Waals surface area (Å²) in [6.07, 6.45) is -0.356. The van der Waals surface area contributed by atoms with Crippen molar-refractivity contribution in [1.29, 1.82) is 0 Å². The third-order valence-corrected chi connectivity index (χ3v) is 2.37. The lowest BCUT2D eigenvalue weighted by Gasteiger charge is -2.21. The molecule has 2 N–H and O–H groups in total. The fourth-order valence-electron chi connectivity index (χ4n) is 1.46. The van der Waals surface area contributed by atoms with Gasteiger partial charge in [0.25, 0.3) is 6.43 Å². The van der Waals surface area contributed by atoms with Crippen LogP contribution in [0.15, 0.2) is 6.20 Å². The molecule has 0 spiro atoms. The SMILES string of the molecule is Cn1cc(CC(C)(C)CN)c(C(F)F)n1. The summed E-state index contributed by atoms with van der Waals surface area (Å²) in [4.78, 5) is 0. The molecule has 0 aromatic carbocycles. The number of hydrogen-bond donors (Lipinski definition) is 1. The van der Waals surface area contributed by atoms with Crippen LogP contribution in [-0.2, 0) is 13.5 Å². The van der Waals surface area contributed by atoms with Gasteiger partial charge < -0.3 is 5.73 Å². The van der Waals surface area contributed by atoms with Crippen molar-refractivity contribution in [1.82, 2.24) is 9.78 Å². The summed E-state index contributed by atoms with van der Waals surface area (Å²) < 4.78 is 26.6. The van der Waals surface area contributed by atoms with Crippen molar-refractivity contribution in [2.45, 2.75) is 26.7 Å². The number of aryl methyl sites for hydroxylation is 1. The van der Waals surface area contributed by atoms with Crippen LogP contribution in [0.3, 0.4) is 0 Å². The molecule has 0 radical (unpaired) electrons. The minimum Gasteiger partial charge on any atom is -0.330 e. The first-order valence-corrected chi connectivity index (χ1v) is 4.86. The fourth-order valence-corrected chi connectivity index (χ4v) is 1.46. The monoisotopic (exact) mass is 217 g/mol. The summed E-state index contributed by atoms with van der Waals surface area (Å²) in [6, 6.07) is 0. The van der Waals surface area contributed by atoms with Crippen LogP contribution >= 0.6 is 0 Å². The molecule has 1 heterocycles. The van der Waals surface area contributed by atoms with Gasteiger partial charge in [0.05, 0.1) is 0 Å². The van der Waals surface area contributed by atoms with Crippen molar-refractivity contribution < 1.29 is 8.78 Å². The second kappa shape index (κ2) is 4.26. The molecule has 0 amide bonds. The molecule has 0 aliphatic heterocycles. The van der Waals surface area contributed by atoms with Gasteiger partial charge in [-0.15, -0.1) is 0 Å². The Hall–Kier alpha value is -0.970. The first-order valence-electron chi connectivity index (χ1n) is 4.86. The van der Waals surface area contributed by atoms with Gasteiger partial charge in [0.1, 0.15) is 5.69 Å². The van der Waals surface area contributed by atoms with Crippen molar-refractivity contribution in [3.05, 3.63) is 17.5 Å². The Kier molecular flexibility index (Phi) is 3.44. The molecule has 0 atom stereocenters. The third-order valence-electron chi connectivity index (χ3n) is 2.37. The van der Waals surface area contributed by atoms with Gasteiger partial charge in [-0.2, -0.15) is 5.10 Å². The molecule has 0 unspecified atom stereocenters. The van der Waals surface area contributed by atoms with Crippen LogP contribution in [0.4, 0.5) is 8.78 Å². The Morgan fingerprint density at radius 3 is 2.60 bits per heavy atom. The van der Waals surface area contributed by atoms with E-state index in [4.69, 9.17) is 5.73 Å². The maximum atomic E-state index is 12.6. The molecule has 1 rings (SSSR count). The summed E-state index contributed by atoms with van der Waals surface area (Å²) in [5.41, 5.74) is 5.86. The van der Waals surface area contributed by atoms with Crippen LogP contribution in [0.5, 0.6) is 0 Å². The molecule has 3 nitrogen and oxygen atoms in total. The Morgan fingerprint density at radius 2 is 2.13 bits per heavy atom. The van der Waals surface area contributed by atoms with Crippen LogP contribution in [0.2, 0.25) is 0 Å². The van der Waals surface area contributed by atoms with E-state index in [0.29, 0.717) is 18.5 Å². The molecule has 0 bridgehead atoms. The fraction of sp³-hybridized carbons (Fsp3) is 0.700. The lowest BCUT2D eigenvalue weighted by molar-refractivity contribution is 0.143. The zero-order valence-electron chi connectivity index (χ0n) is 9.30. The second-order valence-corrected chi connectivity index (χ2v) is 4.56. The molecule has 1 aromatic rings. The van der Waals surface area contributed by atoms with Crippen molar-refractivity contribution >= 4 is 0 Å². The van der Waals surface area contributed by atoms with E-state index in [0.717, 1.165) is 0 Å². The molecule has 0 saturated carbocycles. The first-order chi connectivity index (χ1) is 6.85. The van der Waals surface area contributed by atoms with Gasteiger partial charge in [-0.25, -0.2) is 8.78 Å². The summed E-state index contributed by atoms with van der Waals surface area (Å²) in [5.74, 6) is 0. The van der Waals surface area contributed by atoms with Gasteiger partial charge in [0.15, 0.2) is 0 Å². The number of rotatable bonds is 4. The average molecular weight is 217 g/mol. The van der Waals surface area contributed by atoms with Crippen LogP contribution in [0.25, 0.3) is 0 Å². The van der Waals surface area contributed by atoms with Gasteiger partial charge in [-0.05, 0) is 23.9 Å². The highest BCUT2D eigenvalue weighted by Crippen LogP contribution is 2.27. The summed E-state index contributed by atoms with van der Waals surface area (Å²) >= 11 is 0. The predicted molar refractivity (Wildman–Crippen MR) is 54.7 cm³/mol. The first kappa shape index (κ1) is 12.1. The topological polar surface area (TPSA) is 43.8 Å². The largest absolute Gasteiger partial charge is 0.330 e. The van der Waals surface area contributed by atoms with Crippen LogP contribution in [0, 0.1) is 5.41 Å². The summed E-state index contributed by atoms with van der Waals surface area (Å²) in [6.45, 7) is 4.37. The number of nitrogens with zero attached hydrogens (tertiary/aromatic N) is 2. The highest BCUT2D eigenvalue weighted by atomic mass is 19.3. The van der Waals surface area contributed by atoms with E-state index in [2.05, 4.69) is 5.10 Å². The van der Waals surface area contributed by atoms with E-state index >= 15 is 0 Å². The van der Waals surface area contributed by atoms with Crippen molar-refractivity contribution in [3.8, 4) is 0 Å². The van der Waals surface area contributed by atoms with E-state index in [1.165, 1.54) is 4.68 Å². The Balaban J connectivity index is 2.94. The van der Waals surface area contributed by atoms with Gasteiger partial charge >= 0.3 is 0 Å². The van der Waals surface area contributed by atoms with Crippen LogP contribution in [0.1, 0.15) is 31.5 Å². The summed E-state index contributed by atoms with van der Waals surface area (Å²) in [5, 5.41) is 3.75. The van der Waals surface area contributed by atoms with Crippen molar-refractivity contribution in [2.24, 2.45) is 18.2 Å². The van der Waals surface area contributed by atoms with Gasteiger partial charge in [-0.1, -0.05) is 13.8 Å². The van der Waals surface area contributed by atoms with E-state index in [9.17, 15) is 8.78 Å². The molecule has 15 heavy (non-hydrogen) atoms. The molecule has 0 aliphatic carbocycles. The normalized spacial score (nSPS) is 12.5. The van der Waals surface area contributed by atoms with Crippen LogP contribution < -0.4 is 5.73 Å². The lowest BCUT2D eigenvalue weighted by Crippen LogP contribution is -2.26.